The molecule has 0 aliphatic carbocycles. The van der Waals surface area contributed by atoms with Crippen LogP contribution in [0.4, 0.5) is 5.13 Å². The predicted octanol–water partition coefficient (Wildman–Crippen LogP) is 2.24. The lowest BCUT2D eigenvalue weighted by Gasteiger charge is -2.19. The second-order valence-corrected chi connectivity index (χ2v) is 7.12. The van der Waals surface area contributed by atoms with Crippen molar-refractivity contribution in [3.05, 3.63) is 29.2 Å². The summed E-state index contributed by atoms with van der Waals surface area (Å²) >= 11 is 1.51. The number of nitrogens with zero attached hydrogens (tertiary/aromatic N) is 4. The lowest BCUT2D eigenvalue weighted by Crippen LogP contribution is -2.27. The van der Waals surface area contributed by atoms with Crippen molar-refractivity contribution < 1.29 is 9.53 Å². The molecule has 7 nitrogen and oxygen atoms in total. The Morgan fingerprint density at radius 1 is 1.50 bits per heavy atom. The molecule has 2 aromatic heterocycles. The normalized spacial score (nSPS) is 21.0. The molecule has 0 unspecified atom stereocenters. The Kier molecular flexibility index (Phi) is 5.06. The van der Waals surface area contributed by atoms with Crippen LogP contribution in [-0.2, 0) is 11.3 Å². The van der Waals surface area contributed by atoms with Gasteiger partial charge in [-0.25, -0.2) is 9.97 Å². The Balaban J connectivity index is 1.57. The van der Waals surface area contributed by atoms with Gasteiger partial charge in [-0.05, 0) is 13.8 Å². The molecule has 1 N–H and O–H groups in total. The Morgan fingerprint density at radius 3 is 3.08 bits per heavy atom. The highest BCUT2D eigenvalue weighted by atomic mass is 32.1. The number of aromatic nitrogens is 3. The number of hydrogen-bond acceptors (Lipinski definition) is 7. The summed E-state index contributed by atoms with van der Waals surface area (Å²) in [6, 6.07) is 2.22. The zero-order valence-corrected chi connectivity index (χ0v) is 14.8. The molecule has 1 fully saturated rings. The number of rotatable bonds is 5. The number of thiazole rings is 1. The van der Waals surface area contributed by atoms with Gasteiger partial charge in [0.2, 0.25) is 11.8 Å². The smallest absolute Gasteiger partial charge is 0.223 e. The van der Waals surface area contributed by atoms with E-state index in [1.54, 1.807) is 12.3 Å². The maximum atomic E-state index is 11.1. The quantitative estimate of drug-likeness (QED) is 0.893. The lowest BCUT2D eigenvalue weighted by atomic mass is 10.2. The third-order valence-corrected chi connectivity index (χ3v) is 4.80. The molecule has 3 heterocycles. The van der Waals surface area contributed by atoms with E-state index in [4.69, 9.17) is 4.74 Å². The molecule has 0 radical (unpaired) electrons. The van der Waals surface area contributed by atoms with Gasteiger partial charge >= 0.3 is 0 Å². The van der Waals surface area contributed by atoms with Crippen LogP contribution >= 0.6 is 11.3 Å². The summed E-state index contributed by atoms with van der Waals surface area (Å²) in [5, 5.41) is 3.37. The van der Waals surface area contributed by atoms with E-state index in [1.165, 1.54) is 18.3 Å². The summed E-state index contributed by atoms with van der Waals surface area (Å²) < 4.78 is 5.99. The average molecular weight is 347 g/mol. The number of nitrogens with one attached hydrogen (secondary N) is 1. The third-order valence-electron chi connectivity index (χ3n) is 3.90. The molecule has 128 valence electrons. The zero-order chi connectivity index (χ0) is 17.1. The number of carbonyl (C=O) groups is 1. The van der Waals surface area contributed by atoms with Crippen LogP contribution in [0.25, 0.3) is 0 Å². The summed E-state index contributed by atoms with van der Waals surface area (Å²) in [4.78, 5) is 27.2. The first-order valence-corrected chi connectivity index (χ1v) is 8.74. The highest BCUT2D eigenvalue weighted by Crippen LogP contribution is 2.26. The Hall–Kier alpha value is -2.06. The number of ether oxygens (including phenoxy) is 1. The minimum Gasteiger partial charge on any atom is -0.473 e. The van der Waals surface area contributed by atoms with Gasteiger partial charge < -0.3 is 10.1 Å². The largest absolute Gasteiger partial charge is 0.473 e. The predicted molar refractivity (Wildman–Crippen MR) is 92.1 cm³/mol. The van der Waals surface area contributed by atoms with Crippen molar-refractivity contribution in [3.8, 4) is 5.88 Å². The molecule has 2 aromatic rings. The van der Waals surface area contributed by atoms with Crippen molar-refractivity contribution >= 4 is 22.4 Å². The third kappa shape index (κ3) is 4.27. The lowest BCUT2D eigenvalue weighted by molar-refractivity contribution is -0.114. The van der Waals surface area contributed by atoms with Crippen LogP contribution in [0.15, 0.2) is 18.5 Å². The second kappa shape index (κ2) is 7.23. The van der Waals surface area contributed by atoms with Gasteiger partial charge in [0.05, 0.1) is 0 Å². The van der Waals surface area contributed by atoms with Crippen molar-refractivity contribution in [1.82, 2.24) is 19.9 Å². The minimum absolute atomic E-state index is 0.0981. The van der Waals surface area contributed by atoms with Crippen molar-refractivity contribution in [2.75, 3.05) is 11.9 Å². The number of anilines is 1. The van der Waals surface area contributed by atoms with Crippen LogP contribution < -0.4 is 10.1 Å². The number of carbonyl (C=O) groups excluding carboxylic acids is 1. The summed E-state index contributed by atoms with van der Waals surface area (Å²) in [6.07, 6.45) is 4.62. The molecule has 1 aliphatic rings. The molecule has 3 rings (SSSR count). The van der Waals surface area contributed by atoms with Crippen molar-refractivity contribution in [2.24, 2.45) is 0 Å². The van der Waals surface area contributed by atoms with E-state index in [2.05, 4.69) is 32.1 Å². The molecular formula is C16H21N5O2S. The van der Waals surface area contributed by atoms with E-state index in [1.807, 2.05) is 13.1 Å². The van der Waals surface area contributed by atoms with Crippen LogP contribution in [0.1, 0.15) is 31.0 Å². The molecular weight excluding hydrogens is 326 g/mol. The summed E-state index contributed by atoms with van der Waals surface area (Å²) in [6.45, 7) is 7.19. The molecule has 0 saturated carbocycles. The molecule has 8 heteroatoms. The van der Waals surface area contributed by atoms with Gasteiger partial charge in [0, 0.05) is 55.8 Å². The monoisotopic (exact) mass is 347 g/mol. The van der Waals surface area contributed by atoms with Gasteiger partial charge in [0.1, 0.15) is 11.9 Å². The summed E-state index contributed by atoms with van der Waals surface area (Å²) in [5.74, 6) is 1.25. The first-order chi connectivity index (χ1) is 11.5. The van der Waals surface area contributed by atoms with E-state index in [0.29, 0.717) is 22.9 Å². The van der Waals surface area contributed by atoms with Gasteiger partial charge in [-0.2, -0.15) is 4.98 Å². The van der Waals surface area contributed by atoms with Crippen LogP contribution in [0.3, 0.4) is 0 Å². The Bertz CT molecular complexity index is 720. The highest BCUT2D eigenvalue weighted by Gasteiger charge is 2.31. The fraction of sp³-hybridized carbons (Fsp3) is 0.500. The maximum Gasteiger partial charge on any atom is 0.223 e. The molecule has 0 spiro atoms. The zero-order valence-electron chi connectivity index (χ0n) is 14.0. The van der Waals surface area contributed by atoms with Gasteiger partial charge in [0.25, 0.3) is 0 Å². The Labute approximate surface area is 145 Å². The summed E-state index contributed by atoms with van der Waals surface area (Å²) in [5.41, 5.74) is 0. The van der Waals surface area contributed by atoms with E-state index in [9.17, 15) is 4.79 Å². The van der Waals surface area contributed by atoms with Crippen molar-refractivity contribution in [3.63, 3.8) is 0 Å². The van der Waals surface area contributed by atoms with Gasteiger partial charge in [-0.1, -0.05) is 0 Å². The van der Waals surface area contributed by atoms with Crippen LogP contribution in [0.2, 0.25) is 0 Å². The molecule has 1 aliphatic heterocycles. The van der Waals surface area contributed by atoms with Gasteiger partial charge in [0.15, 0.2) is 5.13 Å². The van der Waals surface area contributed by atoms with E-state index >= 15 is 0 Å². The fourth-order valence-corrected chi connectivity index (χ4v) is 3.70. The highest BCUT2D eigenvalue weighted by molar-refractivity contribution is 7.15. The number of aryl methyl sites for hydroxylation is 1. The van der Waals surface area contributed by atoms with E-state index < -0.39 is 0 Å². The molecule has 24 heavy (non-hydrogen) atoms. The first kappa shape index (κ1) is 16.8. The number of likely N-dealkylation sites (tertiary alicyclic amines) is 1. The van der Waals surface area contributed by atoms with Crippen molar-refractivity contribution in [2.45, 2.75) is 45.9 Å². The SMILES string of the molecule is CC(=O)Nc1ncc(CN2C[C@H](Oc3ccnc(C)n3)C[C@@H]2C)s1. The second-order valence-electron chi connectivity index (χ2n) is 6.01. The van der Waals surface area contributed by atoms with Crippen LogP contribution in [0.5, 0.6) is 5.88 Å². The Morgan fingerprint density at radius 2 is 2.33 bits per heavy atom. The molecule has 1 saturated heterocycles. The number of hydrogen-bond donors (Lipinski definition) is 1. The maximum absolute atomic E-state index is 11.1. The van der Waals surface area contributed by atoms with Crippen LogP contribution in [0, 0.1) is 6.92 Å². The fourth-order valence-electron chi connectivity index (χ4n) is 2.81. The first-order valence-electron chi connectivity index (χ1n) is 7.92. The average Bonchev–Trinajstić information content (AvgIpc) is 3.06. The van der Waals surface area contributed by atoms with Crippen molar-refractivity contribution in [1.29, 1.82) is 0 Å². The van der Waals surface area contributed by atoms with Crippen LogP contribution in [-0.4, -0.2) is 44.4 Å². The van der Waals surface area contributed by atoms with Gasteiger partial charge in [-0.15, -0.1) is 11.3 Å². The molecule has 0 aromatic carbocycles. The molecule has 0 bridgehead atoms. The number of amides is 1. The standard InChI is InChI=1S/C16H21N5O2S/c1-10-6-13(23-15-4-5-17-11(2)19-15)8-21(10)9-14-7-18-16(24-14)20-12(3)22/h4-5,7,10,13H,6,8-9H2,1-3H3,(H,18,20,22)/t10-,13+/m0/s1. The minimum atomic E-state index is -0.0981. The van der Waals surface area contributed by atoms with E-state index in [0.717, 1.165) is 24.4 Å². The molecule has 1 amide bonds. The van der Waals surface area contributed by atoms with E-state index in [-0.39, 0.29) is 12.0 Å². The van der Waals surface area contributed by atoms with Gasteiger partial charge in [-0.3, -0.25) is 9.69 Å². The topological polar surface area (TPSA) is 80.2 Å². The summed E-state index contributed by atoms with van der Waals surface area (Å²) in [7, 11) is 0. The molecule has 2 atom stereocenters.